The normalized spacial score (nSPS) is 12.0. The van der Waals surface area contributed by atoms with E-state index in [1.165, 1.54) is 4.90 Å². The van der Waals surface area contributed by atoms with Crippen molar-refractivity contribution < 1.29 is 26.8 Å². The van der Waals surface area contributed by atoms with Gasteiger partial charge < -0.3 is 10.2 Å². The highest BCUT2D eigenvalue weighted by Gasteiger charge is 2.33. The monoisotopic (exact) mass is 635 g/mol. The fourth-order valence-electron chi connectivity index (χ4n) is 4.15. The molecule has 0 aliphatic heterocycles. The standard InChI is InChI=1S/C29H32BrF2N3O4S/c1-3-4-15-33-29(37)27(17-21-9-6-5-7-10-21)34(19-22-11-8-12-23(30)16-22)28(36)20-35(40(2,38)39)24-13-14-25(31)26(32)18-24/h5-14,16,18,27H,3-4,15,17,19-20H2,1-2H3,(H,33,37)/t27-/m1/s1. The molecule has 0 aliphatic carbocycles. The summed E-state index contributed by atoms with van der Waals surface area (Å²) in [5.74, 6) is -3.45. The summed E-state index contributed by atoms with van der Waals surface area (Å²) < 4.78 is 54.5. The van der Waals surface area contributed by atoms with Gasteiger partial charge in [0.2, 0.25) is 21.8 Å². The van der Waals surface area contributed by atoms with Crippen LogP contribution in [0.4, 0.5) is 14.5 Å². The van der Waals surface area contributed by atoms with Crippen LogP contribution in [0.5, 0.6) is 0 Å². The van der Waals surface area contributed by atoms with Gasteiger partial charge in [-0.2, -0.15) is 0 Å². The molecule has 0 bridgehead atoms. The molecule has 1 N–H and O–H groups in total. The van der Waals surface area contributed by atoms with Crippen molar-refractivity contribution in [1.82, 2.24) is 10.2 Å². The Hall–Kier alpha value is -3.31. The maximum Gasteiger partial charge on any atom is 0.244 e. The fraction of sp³-hybridized carbons (Fsp3) is 0.310. The molecule has 1 atom stereocenters. The Kier molecular flexibility index (Phi) is 11.2. The number of halogens is 3. The van der Waals surface area contributed by atoms with Crippen molar-refractivity contribution in [2.75, 3.05) is 23.7 Å². The molecule has 11 heteroatoms. The molecule has 3 aromatic carbocycles. The van der Waals surface area contributed by atoms with Crippen molar-refractivity contribution in [1.29, 1.82) is 0 Å². The molecule has 0 saturated carbocycles. The zero-order valence-electron chi connectivity index (χ0n) is 22.3. The molecule has 3 aromatic rings. The minimum atomic E-state index is -4.09. The Labute approximate surface area is 242 Å². The van der Waals surface area contributed by atoms with Gasteiger partial charge in [0.05, 0.1) is 11.9 Å². The summed E-state index contributed by atoms with van der Waals surface area (Å²) in [6.07, 6.45) is 2.67. The molecule has 0 saturated heterocycles. The number of carbonyl (C=O) groups is 2. The summed E-state index contributed by atoms with van der Waals surface area (Å²) in [6.45, 7) is 1.70. The van der Waals surface area contributed by atoms with Crippen LogP contribution in [0, 0.1) is 11.6 Å². The molecule has 214 valence electrons. The van der Waals surface area contributed by atoms with Gasteiger partial charge in [0.15, 0.2) is 11.6 Å². The highest BCUT2D eigenvalue weighted by Crippen LogP contribution is 2.23. The van der Waals surface area contributed by atoms with E-state index in [2.05, 4.69) is 21.2 Å². The molecule has 0 unspecified atom stereocenters. The van der Waals surface area contributed by atoms with Gasteiger partial charge in [-0.25, -0.2) is 17.2 Å². The molecule has 0 spiro atoms. The number of hydrogen-bond donors (Lipinski definition) is 1. The first kappa shape index (κ1) is 31.2. The van der Waals surface area contributed by atoms with E-state index in [0.29, 0.717) is 16.4 Å². The van der Waals surface area contributed by atoms with Crippen molar-refractivity contribution in [3.05, 3.63) is 100 Å². The SMILES string of the molecule is CCCCNC(=O)[C@@H](Cc1ccccc1)N(Cc1cccc(Br)c1)C(=O)CN(c1ccc(F)c(F)c1)S(C)(=O)=O. The lowest BCUT2D eigenvalue weighted by Gasteiger charge is -2.33. The van der Waals surface area contributed by atoms with Crippen LogP contribution in [0.3, 0.4) is 0 Å². The Morgan fingerprint density at radius 3 is 2.27 bits per heavy atom. The van der Waals surface area contributed by atoms with E-state index in [1.54, 1.807) is 18.2 Å². The third kappa shape index (κ3) is 8.85. The van der Waals surface area contributed by atoms with Crippen molar-refractivity contribution in [3.63, 3.8) is 0 Å². The average Bonchev–Trinajstić information content (AvgIpc) is 2.91. The van der Waals surface area contributed by atoms with E-state index in [0.717, 1.165) is 47.3 Å². The van der Waals surface area contributed by atoms with Crippen molar-refractivity contribution in [2.24, 2.45) is 0 Å². The van der Waals surface area contributed by atoms with Crippen molar-refractivity contribution in [2.45, 2.75) is 38.8 Å². The van der Waals surface area contributed by atoms with E-state index >= 15 is 0 Å². The lowest BCUT2D eigenvalue weighted by molar-refractivity contribution is -0.140. The second kappa shape index (κ2) is 14.4. The number of nitrogens with zero attached hydrogens (tertiary/aromatic N) is 2. The molecule has 7 nitrogen and oxygen atoms in total. The quantitative estimate of drug-likeness (QED) is 0.266. The van der Waals surface area contributed by atoms with Crippen LogP contribution in [0.1, 0.15) is 30.9 Å². The molecule has 0 fully saturated rings. The van der Waals surface area contributed by atoms with Gasteiger partial charge in [0.25, 0.3) is 0 Å². The fourth-order valence-corrected chi connectivity index (χ4v) is 5.43. The van der Waals surface area contributed by atoms with Gasteiger partial charge in [0, 0.05) is 30.0 Å². The number of nitrogens with one attached hydrogen (secondary N) is 1. The Morgan fingerprint density at radius 2 is 1.65 bits per heavy atom. The average molecular weight is 637 g/mol. The number of benzene rings is 3. The molecule has 40 heavy (non-hydrogen) atoms. The lowest BCUT2D eigenvalue weighted by Crippen LogP contribution is -2.53. The summed E-state index contributed by atoms with van der Waals surface area (Å²) in [4.78, 5) is 28.8. The van der Waals surface area contributed by atoms with Crippen LogP contribution in [-0.2, 0) is 32.6 Å². The maximum atomic E-state index is 14.0. The second-order valence-electron chi connectivity index (χ2n) is 9.37. The number of rotatable bonds is 13. The van der Waals surface area contributed by atoms with Gasteiger partial charge in [-0.15, -0.1) is 0 Å². The van der Waals surface area contributed by atoms with E-state index < -0.39 is 40.2 Å². The Morgan fingerprint density at radius 1 is 0.950 bits per heavy atom. The molecule has 3 rings (SSSR count). The van der Waals surface area contributed by atoms with Crippen LogP contribution in [0.2, 0.25) is 0 Å². The largest absolute Gasteiger partial charge is 0.354 e. The Bertz CT molecular complexity index is 1420. The van der Waals surface area contributed by atoms with E-state index in [1.807, 2.05) is 43.3 Å². The number of sulfonamides is 1. The second-order valence-corrected chi connectivity index (χ2v) is 12.2. The summed E-state index contributed by atoms with van der Waals surface area (Å²) in [6, 6.07) is 18.0. The van der Waals surface area contributed by atoms with Gasteiger partial charge in [-0.05, 0) is 41.8 Å². The minimum Gasteiger partial charge on any atom is -0.354 e. The third-order valence-corrected chi connectivity index (χ3v) is 7.85. The molecule has 2 amide bonds. The van der Waals surface area contributed by atoms with Gasteiger partial charge in [0.1, 0.15) is 12.6 Å². The Balaban J connectivity index is 2.04. The predicted molar refractivity (Wildman–Crippen MR) is 155 cm³/mol. The zero-order valence-corrected chi connectivity index (χ0v) is 24.7. The number of unbranched alkanes of at least 4 members (excludes halogenated alkanes) is 1. The van der Waals surface area contributed by atoms with Crippen LogP contribution in [0.15, 0.2) is 77.3 Å². The van der Waals surface area contributed by atoms with E-state index in [4.69, 9.17) is 0 Å². The lowest BCUT2D eigenvalue weighted by atomic mass is 10.0. The van der Waals surface area contributed by atoms with E-state index in [9.17, 15) is 26.8 Å². The summed E-state index contributed by atoms with van der Waals surface area (Å²) >= 11 is 3.42. The molecule has 0 aliphatic rings. The molecule has 0 heterocycles. The van der Waals surface area contributed by atoms with Gasteiger partial charge in [-0.3, -0.25) is 13.9 Å². The predicted octanol–water partition coefficient (Wildman–Crippen LogP) is 5.05. The first-order valence-electron chi connectivity index (χ1n) is 12.8. The molecule has 0 aromatic heterocycles. The highest BCUT2D eigenvalue weighted by atomic mass is 79.9. The summed E-state index contributed by atoms with van der Waals surface area (Å²) in [5, 5.41) is 2.90. The minimum absolute atomic E-state index is 0.00630. The molecular formula is C29H32BrF2N3O4S. The van der Waals surface area contributed by atoms with Crippen molar-refractivity contribution in [3.8, 4) is 0 Å². The number of hydrogen-bond acceptors (Lipinski definition) is 4. The molecule has 0 radical (unpaired) electrons. The number of carbonyl (C=O) groups excluding carboxylic acids is 2. The highest BCUT2D eigenvalue weighted by molar-refractivity contribution is 9.10. The van der Waals surface area contributed by atoms with Gasteiger partial charge >= 0.3 is 0 Å². The van der Waals surface area contributed by atoms with Crippen LogP contribution in [0.25, 0.3) is 0 Å². The number of anilines is 1. The topological polar surface area (TPSA) is 86.8 Å². The first-order chi connectivity index (χ1) is 19.0. The van der Waals surface area contributed by atoms with E-state index in [-0.39, 0.29) is 24.6 Å². The summed E-state index contributed by atoms with van der Waals surface area (Å²) in [7, 11) is -4.09. The van der Waals surface area contributed by atoms with Crippen LogP contribution < -0.4 is 9.62 Å². The first-order valence-corrected chi connectivity index (χ1v) is 15.4. The van der Waals surface area contributed by atoms with Crippen LogP contribution in [-0.4, -0.2) is 50.5 Å². The third-order valence-electron chi connectivity index (χ3n) is 6.21. The van der Waals surface area contributed by atoms with Gasteiger partial charge in [-0.1, -0.05) is 71.7 Å². The van der Waals surface area contributed by atoms with Crippen molar-refractivity contribution >= 4 is 43.5 Å². The smallest absolute Gasteiger partial charge is 0.244 e. The maximum absolute atomic E-state index is 14.0. The number of amides is 2. The molecular weight excluding hydrogens is 604 g/mol. The zero-order chi connectivity index (χ0) is 29.3. The summed E-state index contributed by atoms with van der Waals surface area (Å²) in [5.41, 5.74) is 1.32. The van der Waals surface area contributed by atoms with Crippen LogP contribution >= 0.6 is 15.9 Å².